The minimum atomic E-state index is -1.17. The van der Waals surface area contributed by atoms with Crippen LogP contribution in [-0.2, 0) is 16.1 Å². The van der Waals surface area contributed by atoms with Gasteiger partial charge in [0.15, 0.2) is 0 Å². The second-order valence-electron chi connectivity index (χ2n) is 4.15. The molecule has 100 valence electrons. The van der Waals surface area contributed by atoms with Gasteiger partial charge in [0.25, 0.3) is 5.91 Å². The lowest BCUT2D eigenvalue weighted by Gasteiger charge is -2.12. The Morgan fingerprint density at radius 2 is 2.16 bits per heavy atom. The first-order valence-corrected chi connectivity index (χ1v) is 5.55. The SMILES string of the molecule is O=C(O)CC1NC(=O)N(Cc2cccc(F)c2)C1=O. The molecule has 1 atom stereocenters. The number of imide groups is 1. The van der Waals surface area contributed by atoms with Crippen molar-refractivity contribution in [3.05, 3.63) is 35.6 Å². The van der Waals surface area contributed by atoms with E-state index in [4.69, 9.17) is 5.11 Å². The normalized spacial score (nSPS) is 18.6. The van der Waals surface area contributed by atoms with E-state index >= 15 is 0 Å². The standard InChI is InChI=1S/C12H11FN2O4/c13-8-3-1-2-7(4-8)6-15-11(18)9(5-10(16)17)14-12(15)19/h1-4,9H,5-6H2,(H,14,19)(H,16,17). The first-order valence-electron chi connectivity index (χ1n) is 5.55. The number of halogens is 1. The molecule has 1 heterocycles. The van der Waals surface area contributed by atoms with E-state index in [2.05, 4.69) is 5.32 Å². The molecule has 0 aliphatic carbocycles. The minimum Gasteiger partial charge on any atom is -0.481 e. The van der Waals surface area contributed by atoms with Gasteiger partial charge in [-0.3, -0.25) is 14.5 Å². The average molecular weight is 266 g/mol. The quantitative estimate of drug-likeness (QED) is 0.786. The maximum atomic E-state index is 13.0. The average Bonchev–Trinajstić information content (AvgIpc) is 2.56. The Morgan fingerprint density at radius 1 is 1.42 bits per heavy atom. The maximum absolute atomic E-state index is 13.0. The molecule has 6 nitrogen and oxygen atoms in total. The Bertz CT molecular complexity index is 546. The molecule has 1 aliphatic rings. The van der Waals surface area contributed by atoms with Gasteiger partial charge in [-0.1, -0.05) is 12.1 Å². The predicted octanol–water partition coefficient (Wildman–Crippen LogP) is 0.721. The predicted molar refractivity (Wildman–Crippen MR) is 61.5 cm³/mol. The summed E-state index contributed by atoms with van der Waals surface area (Å²) in [6.07, 6.45) is -0.468. The topological polar surface area (TPSA) is 86.7 Å². The molecule has 0 aromatic heterocycles. The molecule has 7 heteroatoms. The van der Waals surface area contributed by atoms with Crippen molar-refractivity contribution in [1.29, 1.82) is 0 Å². The van der Waals surface area contributed by atoms with E-state index in [-0.39, 0.29) is 6.54 Å². The number of carboxylic acids is 1. The minimum absolute atomic E-state index is 0.0848. The van der Waals surface area contributed by atoms with Crippen LogP contribution in [0.1, 0.15) is 12.0 Å². The third-order valence-corrected chi connectivity index (χ3v) is 2.72. The van der Waals surface area contributed by atoms with Crippen LogP contribution in [0.15, 0.2) is 24.3 Å². The van der Waals surface area contributed by atoms with Crippen LogP contribution in [0.25, 0.3) is 0 Å². The van der Waals surface area contributed by atoms with Gasteiger partial charge in [-0.2, -0.15) is 0 Å². The molecule has 0 saturated carbocycles. The summed E-state index contributed by atoms with van der Waals surface area (Å²) in [7, 11) is 0. The summed E-state index contributed by atoms with van der Waals surface area (Å²) in [5.74, 6) is -2.26. The summed E-state index contributed by atoms with van der Waals surface area (Å²) < 4.78 is 13.0. The highest BCUT2D eigenvalue weighted by Gasteiger charge is 2.38. The Balaban J connectivity index is 2.10. The number of carbonyl (C=O) groups excluding carboxylic acids is 2. The van der Waals surface area contributed by atoms with Gasteiger partial charge < -0.3 is 10.4 Å². The molecular formula is C12H11FN2O4. The number of hydrogen-bond donors (Lipinski definition) is 2. The van der Waals surface area contributed by atoms with Gasteiger partial charge in [0.2, 0.25) is 0 Å². The summed E-state index contributed by atoms with van der Waals surface area (Å²) >= 11 is 0. The molecule has 1 aliphatic heterocycles. The number of rotatable bonds is 4. The van der Waals surface area contributed by atoms with Gasteiger partial charge in [-0.15, -0.1) is 0 Å². The van der Waals surface area contributed by atoms with Gasteiger partial charge in [0, 0.05) is 0 Å². The molecule has 2 rings (SSSR count). The largest absolute Gasteiger partial charge is 0.481 e. The molecule has 1 saturated heterocycles. The van der Waals surface area contributed by atoms with Crippen LogP contribution in [0, 0.1) is 5.82 Å². The zero-order valence-electron chi connectivity index (χ0n) is 9.80. The number of aliphatic carboxylic acids is 1. The molecule has 0 spiro atoms. The first kappa shape index (κ1) is 13.0. The molecule has 0 bridgehead atoms. The number of hydrogen-bond acceptors (Lipinski definition) is 3. The van der Waals surface area contributed by atoms with E-state index in [0.29, 0.717) is 5.56 Å². The van der Waals surface area contributed by atoms with Gasteiger partial charge in [0.05, 0.1) is 13.0 Å². The number of urea groups is 1. The lowest BCUT2D eigenvalue weighted by atomic mass is 10.2. The summed E-state index contributed by atoms with van der Waals surface area (Å²) in [4.78, 5) is 34.8. The Labute approximate surface area is 107 Å². The maximum Gasteiger partial charge on any atom is 0.325 e. The molecule has 0 radical (unpaired) electrons. The second kappa shape index (κ2) is 5.05. The fourth-order valence-corrected chi connectivity index (χ4v) is 1.86. The van der Waals surface area contributed by atoms with Crippen LogP contribution in [0.2, 0.25) is 0 Å². The zero-order chi connectivity index (χ0) is 14.0. The van der Waals surface area contributed by atoms with Gasteiger partial charge in [-0.25, -0.2) is 9.18 Å². The number of nitrogens with zero attached hydrogens (tertiary/aromatic N) is 1. The number of carbonyl (C=O) groups is 3. The molecule has 1 aromatic carbocycles. The summed E-state index contributed by atoms with van der Waals surface area (Å²) in [5.41, 5.74) is 0.458. The highest BCUT2D eigenvalue weighted by molar-refractivity contribution is 6.05. The lowest BCUT2D eigenvalue weighted by Crippen LogP contribution is -2.32. The van der Waals surface area contributed by atoms with Crippen LogP contribution >= 0.6 is 0 Å². The van der Waals surface area contributed by atoms with E-state index in [0.717, 1.165) is 4.90 Å². The van der Waals surface area contributed by atoms with Gasteiger partial charge in [-0.05, 0) is 17.7 Å². The van der Waals surface area contributed by atoms with Crippen LogP contribution in [0.5, 0.6) is 0 Å². The molecule has 1 fully saturated rings. The second-order valence-corrected chi connectivity index (χ2v) is 4.15. The van der Waals surface area contributed by atoms with Crippen LogP contribution < -0.4 is 5.32 Å². The third kappa shape index (κ3) is 2.87. The summed E-state index contributed by atoms with van der Waals surface area (Å²) in [6, 6.07) is 3.79. The first-order chi connectivity index (χ1) is 8.97. The summed E-state index contributed by atoms with van der Waals surface area (Å²) in [5, 5.41) is 10.9. The van der Waals surface area contributed by atoms with Crippen molar-refractivity contribution in [3.8, 4) is 0 Å². The van der Waals surface area contributed by atoms with Crippen molar-refractivity contribution in [2.24, 2.45) is 0 Å². The van der Waals surface area contributed by atoms with Crippen molar-refractivity contribution in [2.75, 3.05) is 0 Å². The fourth-order valence-electron chi connectivity index (χ4n) is 1.86. The molecule has 3 amide bonds. The smallest absolute Gasteiger partial charge is 0.325 e. The monoisotopic (exact) mass is 266 g/mol. The van der Waals surface area contributed by atoms with Gasteiger partial charge in [0.1, 0.15) is 11.9 Å². The highest BCUT2D eigenvalue weighted by Crippen LogP contribution is 2.14. The molecule has 2 N–H and O–H groups in total. The van der Waals surface area contributed by atoms with E-state index in [1.165, 1.54) is 18.2 Å². The summed E-state index contributed by atoms with van der Waals surface area (Å²) in [6.45, 7) is -0.0848. The van der Waals surface area contributed by atoms with Crippen molar-refractivity contribution in [2.45, 2.75) is 19.0 Å². The van der Waals surface area contributed by atoms with E-state index in [1.54, 1.807) is 6.07 Å². The van der Waals surface area contributed by atoms with Crippen molar-refractivity contribution in [3.63, 3.8) is 0 Å². The van der Waals surface area contributed by atoms with Crippen molar-refractivity contribution < 1.29 is 23.9 Å². The molecule has 1 aromatic rings. The van der Waals surface area contributed by atoms with Crippen molar-refractivity contribution in [1.82, 2.24) is 10.2 Å². The van der Waals surface area contributed by atoms with Crippen LogP contribution in [0.3, 0.4) is 0 Å². The number of amides is 3. The lowest BCUT2D eigenvalue weighted by molar-refractivity contribution is -0.140. The highest BCUT2D eigenvalue weighted by atomic mass is 19.1. The van der Waals surface area contributed by atoms with Crippen molar-refractivity contribution >= 4 is 17.9 Å². The Hall–Kier alpha value is -2.44. The Morgan fingerprint density at radius 3 is 2.79 bits per heavy atom. The van der Waals surface area contributed by atoms with E-state index in [9.17, 15) is 18.8 Å². The van der Waals surface area contributed by atoms with E-state index < -0.39 is 36.2 Å². The van der Waals surface area contributed by atoms with Crippen LogP contribution in [0.4, 0.5) is 9.18 Å². The number of carboxylic acid groups (broad SMARTS) is 1. The molecule has 1 unspecified atom stereocenters. The number of benzene rings is 1. The van der Waals surface area contributed by atoms with Gasteiger partial charge >= 0.3 is 12.0 Å². The van der Waals surface area contributed by atoms with Crippen LogP contribution in [-0.4, -0.2) is 34.0 Å². The Kier molecular flexibility index (Phi) is 3.46. The molecule has 19 heavy (non-hydrogen) atoms. The van der Waals surface area contributed by atoms with E-state index in [1.807, 2.05) is 0 Å². The molecular weight excluding hydrogens is 255 g/mol. The number of nitrogens with one attached hydrogen (secondary N) is 1. The third-order valence-electron chi connectivity index (χ3n) is 2.72. The fraction of sp³-hybridized carbons (Fsp3) is 0.250. The zero-order valence-corrected chi connectivity index (χ0v) is 9.80.